The number of esters is 1. The minimum absolute atomic E-state index is 0.0248. The highest BCUT2D eigenvalue weighted by Gasteiger charge is 2.44. The molecule has 0 spiro atoms. The minimum Gasteiger partial charge on any atom is -0.462 e. The van der Waals surface area contributed by atoms with Crippen molar-refractivity contribution < 1.29 is 14.6 Å². The van der Waals surface area contributed by atoms with Crippen LogP contribution in [0.25, 0.3) is 0 Å². The molecule has 0 amide bonds. The predicted molar refractivity (Wildman–Crippen MR) is 53.7 cm³/mol. The molecule has 0 unspecified atom stereocenters. The van der Waals surface area contributed by atoms with Gasteiger partial charge in [-0.3, -0.25) is 4.79 Å². The van der Waals surface area contributed by atoms with E-state index in [9.17, 15) is 9.90 Å². The van der Waals surface area contributed by atoms with Gasteiger partial charge in [-0.2, -0.15) is 0 Å². The first-order valence-corrected chi connectivity index (χ1v) is 5.06. The lowest BCUT2D eigenvalue weighted by Crippen LogP contribution is -2.50. The molecule has 0 aromatic rings. The standard InChI is InChI=1S/C11H18O3/c1-4-6-11(13)7-10(12)14-9(5-2)8(11)3/h4,8-9,13H,1,5-7H2,2-3H3/t8-,9-,11-/m0/s1. The van der Waals surface area contributed by atoms with Crippen molar-refractivity contribution >= 4 is 5.97 Å². The molecule has 14 heavy (non-hydrogen) atoms. The molecule has 80 valence electrons. The molecule has 3 heteroatoms. The van der Waals surface area contributed by atoms with Crippen LogP contribution in [0.2, 0.25) is 0 Å². The minimum atomic E-state index is -0.961. The van der Waals surface area contributed by atoms with Gasteiger partial charge in [0.2, 0.25) is 0 Å². The predicted octanol–water partition coefficient (Wildman–Crippen LogP) is 1.66. The van der Waals surface area contributed by atoms with Gasteiger partial charge in [0.05, 0.1) is 12.0 Å². The van der Waals surface area contributed by atoms with Crippen molar-refractivity contribution in [1.29, 1.82) is 0 Å². The molecule has 1 aliphatic rings. The summed E-state index contributed by atoms with van der Waals surface area (Å²) in [6.45, 7) is 7.47. The van der Waals surface area contributed by atoms with Gasteiger partial charge in [-0.05, 0) is 12.8 Å². The third kappa shape index (κ3) is 1.98. The molecule has 1 rings (SSSR count). The quantitative estimate of drug-likeness (QED) is 0.554. The number of ether oxygens (including phenoxy) is 1. The summed E-state index contributed by atoms with van der Waals surface area (Å²) in [5.74, 6) is -0.331. The second-order valence-electron chi connectivity index (χ2n) is 4.00. The number of cyclic esters (lactones) is 1. The van der Waals surface area contributed by atoms with Crippen LogP contribution in [0.1, 0.15) is 33.1 Å². The van der Waals surface area contributed by atoms with Crippen LogP contribution in [0, 0.1) is 5.92 Å². The Morgan fingerprint density at radius 2 is 2.43 bits per heavy atom. The van der Waals surface area contributed by atoms with E-state index in [-0.39, 0.29) is 24.4 Å². The summed E-state index contributed by atoms with van der Waals surface area (Å²) in [5.41, 5.74) is -0.961. The topological polar surface area (TPSA) is 46.5 Å². The number of rotatable bonds is 3. The van der Waals surface area contributed by atoms with E-state index in [0.717, 1.165) is 6.42 Å². The highest BCUT2D eigenvalue weighted by molar-refractivity contribution is 5.72. The lowest BCUT2D eigenvalue weighted by molar-refractivity contribution is -0.182. The Kier molecular flexibility index (Phi) is 3.32. The Morgan fingerprint density at radius 1 is 1.79 bits per heavy atom. The average molecular weight is 198 g/mol. The van der Waals surface area contributed by atoms with Crippen LogP contribution in [0.5, 0.6) is 0 Å². The van der Waals surface area contributed by atoms with E-state index in [2.05, 4.69) is 6.58 Å². The number of carbonyl (C=O) groups is 1. The zero-order valence-corrected chi connectivity index (χ0v) is 8.82. The maximum Gasteiger partial charge on any atom is 0.309 e. The summed E-state index contributed by atoms with van der Waals surface area (Å²) in [6.07, 6.45) is 2.76. The highest BCUT2D eigenvalue weighted by Crippen LogP contribution is 2.35. The fraction of sp³-hybridized carbons (Fsp3) is 0.727. The van der Waals surface area contributed by atoms with Crippen molar-refractivity contribution in [2.24, 2.45) is 5.92 Å². The van der Waals surface area contributed by atoms with Gasteiger partial charge in [0.15, 0.2) is 0 Å². The Hall–Kier alpha value is -0.830. The molecule has 1 N–H and O–H groups in total. The van der Waals surface area contributed by atoms with E-state index < -0.39 is 5.60 Å². The normalized spacial score (nSPS) is 37.8. The van der Waals surface area contributed by atoms with Crippen LogP contribution in [0.15, 0.2) is 12.7 Å². The van der Waals surface area contributed by atoms with Crippen molar-refractivity contribution in [2.45, 2.75) is 44.8 Å². The van der Waals surface area contributed by atoms with Crippen molar-refractivity contribution in [1.82, 2.24) is 0 Å². The molecule has 1 aliphatic heterocycles. The zero-order valence-electron chi connectivity index (χ0n) is 8.82. The molecule has 3 nitrogen and oxygen atoms in total. The maximum atomic E-state index is 11.3. The van der Waals surface area contributed by atoms with E-state index in [1.165, 1.54) is 0 Å². The van der Waals surface area contributed by atoms with Crippen LogP contribution in [0.4, 0.5) is 0 Å². The molecule has 0 bridgehead atoms. The van der Waals surface area contributed by atoms with Crippen LogP contribution in [-0.2, 0) is 9.53 Å². The molecule has 0 saturated carbocycles. The van der Waals surface area contributed by atoms with Gasteiger partial charge >= 0.3 is 5.97 Å². The van der Waals surface area contributed by atoms with Gasteiger partial charge in [0, 0.05) is 5.92 Å². The Balaban J connectivity index is 2.83. The summed E-state index contributed by atoms with van der Waals surface area (Å²) in [6, 6.07) is 0. The van der Waals surface area contributed by atoms with Crippen molar-refractivity contribution in [3.63, 3.8) is 0 Å². The fourth-order valence-electron chi connectivity index (χ4n) is 2.01. The van der Waals surface area contributed by atoms with Gasteiger partial charge in [-0.1, -0.05) is 19.9 Å². The average Bonchev–Trinajstić information content (AvgIpc) is 2.11. The molecule has 0 aliphatic carbocycles. The molecule has 3 atom stereocenters. The molecule has 1 fully saturated rings. The first kappa shape index (κ1) is 11.2. The third-order valence-electron chi connectivity index (χ3n) is 3.04. The lowest BCUT2D eigenvalue weighted by Gasteiger charge is -2.41. The summed E-state index contributed by atoms with van der Waals surface area (Å²) >= 11 is 0. The summed E-state index contributed by atoms with van der Waals surface area (Å²) in [5, 5.41) is 10.2. The second kappa shape index (κ2) is 4.13. The highest BCUT2D eigenvalue weighted by atomic mass is 16.5. The van der Waals surface area contributed by atoms with Crippen LogP contribution >= 0.6 is 0 Å². The van der Waals surface area contributed by atoms with Crippen LogP contribution in [0.3, 0.4) is 0 Å². The van der Waals surface area contributed by atoms with E-state index in [1.54, 1.807) is 6.08 Å². The molecular weight excluding hydrogens is 180 g/mol. The molecule has 0 aromatic heterocycles. The van der Waals surface area contributed by atoms with E-state index >= 15 is 0 Å². The number of carbonyl (C=O) groups excluding carboxylic acids is 1. The largest absolute Gasteiger partial charge is 0.462 e. The van der Waals surface area contributed by atoms with Crippen LogP contribution < -0.4 is 0 Å². The van der Waals surface area contributed by atoms with Crippen molar-refractivity contribution in [3.05, 3.63) is 12.7 Å². The SMILES string of the molecule is C=CC[C@]1(O)CC(=O)O[C@@H](CC)[C@@H]1C. The maximum absolute atomic E-state index is 11.3. The smallest absolute Gasteiger partial charge is 0.309 e. The van der Waals surface area contributed by atoms with E-state index in [1.807, 2.05) is 13.8 Å². The lowest BCUT2D eigenvalue weighted by atomic mass is 9.77. The molecule has 0 radical (unpaired) electrons. The molecular formula is C11H18O3. The van der Waals surface area contributed by atoms with Crippen molar-refractivity contribution in [3.8, 4) is 0 Å². The van der Waals surface area contributed by atoms with Crippen molar-refractivity contribution in [2.75, 3.05) is 0 Å². The zero-order chi connectivity index (χ0) is 10.8. The van der Waals surface area contributed by atoms with Gasteiger partial charge in [-0.15, -0.1) is 6.58 Å². The summed E-state index contributed by atoms with van der Waals surface area (Å²) in [4.78, 5) is 11.3. The number of hydrogen-bond donors (Lipinski definition) is 1. The third-order valence-corrected chi connectivity index (χ3v) is 3.04. The number of aliphatic hydroxyl groups is 1. The fourth-order valence-corrected chi connectivity index (χ4v) is 2.01. The first-order valence-electron chi connectivity index (χ1n) is 5.06. The summed E-state index contributed by atoms with van der Waals surface area (Å²) < 4.78 is 5.16. The van der Waals surface area contributed by atoms with E-state index in [0.29, 0.717) is 6.42 Å². The van der Waals surface area contributed by atoms with Gasteiger partial charge in [0.25, 0.3) is 0 Å². The number of hydrogen-bond acceptors (Lipinski definition) is 3. The first-order chi connectivity index (χ1) is 6.53. The van der Waals surface area contributed by atoms with Gasteiger partial charge < -0.3 is 9.84 Å². The molecule has 1 saturated heterocycles. The van der Waals surface area contributed by atoms with Crippen LogP contribution in [-0.4, -0.2) is 22.8 Å². The Bertz CT molecular complexity index is 237. The second-order valence-corrected chi connectivity index (χ2v) is 4.00. The van der Waals surface area contributed by atoms with E-state index in [4.69, 9.17) is 4.74 Å². The Morgan fingerprint density at radius 3 is 2.93 bits per heavy atom. The Labute approximate surface area is 84.8 Å². The molecule has 0 aromatic carbocycles. The summed E-state index contributed by atoms with van der Waals surface area (Å²) in [7, 11) is 0. The monoisotopic (exact) mass is 198 g/mol. The van der Waals surface area contributed by atoms with Gasteiger partial charge in [-0.25, -0.2) is 0 Å². The molecule has 1 heterocycles. The van der Waals surface area contributed by atoms with Gasteiger partial charge in [0.1, 0.15) is 6.10 Å².